The topological polar surface area (TPSA) is 74.7 Å². The van der Waals surface area contributed by atoms with Crippen LogP contribution in [0.3, 0.4) is 0 Å². The molecule has 6 nitrogen and oxygen atoms in total. The van der Waals surface area contributed by atoms with Crippen molar-refractivity contribution >= 4 is 22.7 Å². The molecule has 3 aromatic carbocycles. The second kappa shape index (κ2) is 9.96. The highest BCUT2D eigenvalue weighted by Gasteiger charge is 2.28. The van der Waals surface area contributed by atoms with Crippen molar-refractivity contribution in [3.05, 3.63) is 90.5 Å². The van der Waals surface area contributed by atoms with Crippen molar-refractivity contribution < 1.29 is 23.8 Å². The highest BCUT2D eigenvalue weighted by molar-refractivity contribution is 5.95. The summed E-state index contributed by atoms with van der Waals surface area (Å²) in [5.41, 5.74) is 2.59. The molecule has 6 heteroatoms. The third kappa shape index (κ3) is 5.18. The molecule has 0 fully saturated rings. The van der Waals surface area contributed by atoms with Crippen LogP contribution in [0.2, 0.25) is 0 Å². The number of carbonyl (C=O) groups is 2. The van der Waals surface area contributed by atoms with E-state index in [4.69, 9.17) is 14.2 Å². The number of benzene rings is 3. The predicted octanol–water partition coefficient (Wildman–Crippen LogP) is 5.20. The maximum absolute atomic E-state index is 12.0. The fraction of sp³-hybridized carbons (Fsp3) is 0.148. The van der Waals surface area contributed by atoms with Crippen molar-refractivity contribution in [2.24, 2.45) is 5.92 Å². The van der Waals surface area contributed by atoms with E-state index in [-0.39, 0.29) is 6.42 Å². The molecule has 0 atom stereocenters. The molecule has 4 rings (SSSR count). The summed E-state index contributed by atoms with van der Waals surface area (Å²) in [6, 6.07) is 27.0. The molecule has 4 aromatic rings. The summed E-state index contributed by atoms with van der Waals surface area (Å²) in [7, 11) is 2.52. The number of methoxy groups -OCH3 is 2. The molecule has 0 N–H and O–H groups in total. The Bertz CT molecular complexity index is 1270. The lowest BCUT2D eigenvalue weighted by Crippen LogP contribution is -2.28. The molecule has 0 bridgehead atoms. The minimum absolute atomic E-state index is 0.206. The molecule has 0 spiro atoms. The second-order valence-electron chi connectivity index (χ2n) is 7.48. The Morgan fingerprint density at radius 3 is 2.21 bits per heavy atom. The lowest BCUT2D eigenvalue weighted by molar-refractivity contribution is -0.158. The van der Waals surface area contributed by atoms with E-state index in [0.717, 1.165) is 33.3 Å². The van der Waals surface area contributed by atoms with Gasteiger partial charge in [0.2, 0.25) is 5.88 Å². The summed E-state index contributed by atoms with van der Waals surface area (Å²) in [5, 5.41) is 2.00. The van der Waals surface area contributed by atoms with Gasteiger partial charge in [-0.15, -0.1) is 0 Å². The van der Waals surface area contributed by atoms with Crippen LogP contribution in [-0.2, 0) is 25.5 Å². The van der Waals surface area contributed by atoms with Gasteiger partial charge in [-0.2, -0.15) is 0 Å². The smallest absolute Gasteiger partial charge is 0.320 e. The van der Waals surface area contributed by atoms with Crippen LogP contribution in [0.4, 0.5) is 0 Å². The van der Waals surface area contributed by atoms with Gasteiger partial charge in [-0.05, 0) is 47.0 Å². The second-order valence-corrected chi connectivity index (χ2v) is 7.48. The van der Waals surface area contributed by atoms with E-state index in [1.54, 1.807) is 0 Å². The molecule has 0 saturated carbocycles. The molecule has 0 aliphatic rings. The molecule has 1 aromatic heterocycles. The van der Waals surface area contributed by atoms with E-state index in [9.17, 15) is 9.59 Å². The monoisotopic (exact) mass is 441 g/mol. The van der Waals surface area contributed by atoms with Crippen LogP contribution in [-0.4, -0.2) is 31.1 Å². The normalized spacial score (nSPS) is 10.8. The van der Waals surface area contributed by atoms with Crippen LogP contribution in [0.15, 0.2) is 84.9 Å². The van der Waals surface area contributed by atoms with Gasteiger partial charge in [0.15, 0.2) is 5.92 Å². The number of ether oxygens (including phenoxy) is 3. The van der Waals surface area contributed by atoms with Crippen LogP contribution >= 0.6 is 0 Å². The maximum atomic E-state index is 12.0. The first-order valence-electron chi connectivity index (χ1n) is 10.5. The summed E-state index contributed by atoms with van der Waals surface area (Å²) >= 11 is 0. The molecule has 33 heavy (non-hydrogen) atoms. The average Bonchev–Trinajstić information content (AvgIpc) is 2.86. The molecule has 0 aliphatic carbocycles. The fourth-order valence-electron chi connectivity index (χ4n) is 3.61. The number of aromatic nitrogens is 1. The first kappa shape index (κ1) is 22.0. The van der Waals surface area contributed by atoms with Gasteiger partial charge in [-0.3, -0.25) is 9.59 Å². The Labute approximate surface area is 191 Å². The van der Waals surface area contributed by atoms with Crippen LogP contribution in [0.25, 0.3) is 22.0 Å². The number of hydrogen-bond acceptors (Lipinski definition) is 6. The molecule has 0 radical (unpaired) electrons. The number of pyridine rings is 1. The van der Waals surface area contributed by atoms with E-state index in [0.29, 0.717) is 5.88 Å². The lowest BCUT2D eigenvalue weighted by atomic mass is 9.96. The Balaban J connectivity index is 1.57. The number of rotatable bonds is 7. The van der Waals surface area contributed by atoms with Gasteiger partial charge in [-0.25, -0.2) is 4.98 Å². The number of nitrogens with zero attached hydrogens (tertiary/aromatic N) is 1. The number of esters is 2. The zero-order valence-corrected chi connectivity index (χ0v) is 18.4. The Kier molecular flexibility index (Phi) is 6.64. The van der Waals surface area contributed by atoms with Gasteiger partial charge in [0.25, 0.3) is 0 Å². The first-order valence-corrected chi connectivity index (χ1v) is 10.5. The first-order chi connectivity index (χ1) is 16.1. The lowest BCUT2D eigenvalue weighted by Gasteiger charge is -2.13. The zero-order valence-electron chi connectivity index (χ0n) is 18.4. The van der Waals surface area contributed by atoms with Crippen molar-refractivity contribution in [3.63, 3.8) is 0 Å². The molecular weight excluding hydrogens is 418 g/mol. The molecular formula is C27H23NO5. The van der Waals surface area contributed by atoms with Crippen molar-refractivity contribution in [1.29, 1.82) is 0 Å². The van der Waals surface area contributed by atoms with E-state index >= 15 is 0 Å². The van der Waals surface area contributed by atoms with Crippen LogP contribution in [0.5, 0.6) is 11.6 Å². The van der Waals surface area contributed by atoms with Gasteiger partial charge in [0.1, 0.15) is 5.75 Å². The number of fused-ring (bicyclic) bond motifs is 1. The number of para-hydroxylation sites is 1. The molecule has 1 heterocycles. The molecule has 0 amide bonds. The Morgan fingerprint density at radius 1 is 0.788 bits per heavy atom. The van der Waals surface area contributed by atoms with Crippen molar-refractivity contribution in [3.8, 4) is 22.9 Å². The van der Waals surface area contributed by atoms with Gasteiger partial charge in [0, 0.05) is 11.6 Å². The van der Waals surface area contributed by atoms with Gasteiger partial charge < -0.3 is 14.2 Å². The summed E-state index contributed by atoms with van der Waals surface area (Å²) < 4.78 is 15.4. The van der Waals surface area contributed by atoms with Gasteiger partial charge >= 0.3 is 11.9 Å². The molecule has 166 valence electrons. The largest absolute Gasteiger partial charge is 0.468 e. The highest BCUT2D eigenvalue weighted by atomic mass is 16.5. The summed E-state index contributed by atoms with van der Waals surface area (Å²) in [6.07, 6.45) is 0.206. The quantitative estimate of drug-likeness (QED) is 0.290. The maximum Gasteiger partial charge on any atom is 0.320 e. The average molecular weight is 441 g/mol. The van der Waals surface area contributed by atoms with Crippen molar-refractivity contribution in [1.82, 2.24) is 4.98 Å². The predicted molar refractivity (Wildman–Crippen MR) is 125 cm³/mol. The number of hydrogen-bond donors (Lipinski definition) is 0. The summed E-state index contributed by atoms with van der Waals surface area (Å²) in [6.45, 7) is 0. The molecule has 0 saturated heterocycles. The SMILES string of the molecule is COC(=O)C(Cc1ccc2cc(-c3cccc(Oc4ccccc4)n3)ccc2c1)C(=O)OC. The minimum Gasteiger partial charge on any atom is -0.468 e. The Hall–Kier alpha value is -4.19. The third-order valence-electron chi connectivity index (χ3n) is 5.30. The highest BCUT2D eigenvalue weighted by Crippen LogP contribution is 2.27. The van der Waals surface area contributed by atoms with Crippen molar-refractivity contribution in [2.45, 2.75) is 6.42 Å². The summed E-state index contributed by atoms with van der Waals surface area (Å²) in [5.74, 6) is -0.966. The Morgan fingerprint density at radius 2 is 1.48 bits per heavy atom. The van der Waals surface area contributed by atoms with E-state index in [2.05, 4.69) is 4.98 Å². The van der Waals surface area contributed by atoms with Crippen LogP contribution in [0.1, 0.15) is 5.56 Å². The third-order valence-corrected chi connectivity index (χ3v) is 5.30. The van der Waals surface area contributed by atoms with Crippen molar-refractivity contribution in [2.75, 3.05) is 14.2 Å². The number of carbonyl (C=O) groups excluding carboxylic acids is 2. The fourth-order valence-corrected chi connectivity index (χ4v) is 3.61. The summed E-state index contributed by atoms with van der Waals surface area (Å²) in [4.78, 5) is 28.6. The molecule has 0 unspecified atom stereocenters. The van der Waals surface area contributed by atoms with Gasteiger partial charge in [-0.1, -0.05) is 54.6 Å². The van der Waals surface area contributed by atoms with E-state index < -0.39 is 17.9 Å². The van der Waals surface area contributed by atoms with Crippen LogP contribution < -0.4 is 4.74 Å². The standard InChI is InChI=1S/C27H23NO5/c1-31-26(29)23(27(30)32-2)16-18-11-12-20-17-21(14-13-19(20)15-18)24-9-6-10-25(28-24)33-22-7-4-3-5-8-22/h3-15,17,23H,16H2,1-2H3. The van der Waals surface area contributed by atoms with Crippen LogP contribution in [0, 0.1) is 5.92 Å². The minimum atomic E-state index is -0.992. The van der Waals surface area contributed by atoms with Gasteiger partial charge in [0.05, 0.1) is 19.9 Å². The zero-order chi connectivity index (χ0) is 23.2. The molecule has 0 aliphatic heterocycles. The van der Waals surface area contributed by atoms with E-state index in [1.807, 2.05) is 84.9 Å². The van der Waals surface area contributed by atoms with E-state index in [1.165, 1.54) is 14.2 Å².